The first-order valence-electron chi connectivity index (χ1n) is 7.00. The zero-order valence-electron chi connectivity index (χ0n) is 11.9. The van der Waals surface area contributed by atoms with Crippen LogP contribution in [0.15, 0.2) is 48.5 Å². The zero-order chi connectivity index (χ0) is 13.9. The van der Waals surface area contributed by atoms with Crippen molar-refractivity contribution < 1.29 is 0 Å². The number of anilines is 1. The molecule has 0 saturated heterocycles. The highest BCUT2D eigenvalue weighted by molar-refractivity contribution is 5.77. The second-order valence-corrected chi connectivity index (χ2v) is 5.35. The van der Waals surface area contributed by atoms with Gasteiger partial charge >= 0.3 is 0 Å². The normalized spacial score (nSPS) is 11.2. The standard InChI is InChI=1S/C17H19N3/c1-12(2)14-9-7-13(8-10-14)11-18-17-19-15-5-3-4-6-16(15)20-17/h3-10,12H,11H2,1-2H3,(H2,18,19,20). The summed E-state index contributed by atoms with van der Waals surface area (Å²) >= 11 is 0. The quantitative estimate of drug-likeness (QED) is 0.738. The lowest BCUT2D eigenvalue weighted by Crippen LogP contribution is -2.01. The number of aromatic amines is 1. The summed E-state index contributed by atoms with van der Waals surface area (Å²) in [6.07, 6.45) is 0. The largest absolute Gasteiger partial charge is 0.352 e. The van der Waals surface area contributed by atoms with Gasteiger partial charge in [0.15, 0.2) is 0 Å². The van der Waals surface area contributed by atoms with E-state index in [1.54, 1.807) is 0 Å². The van der Waals surface area contributed by atoms with Crippen LogP contribution in [0.25, 0.3) is 11.0 Å². The van der Waals surface area contributed by atoms with Crippen LogP contribution in [0, 0.1) is 0 Å². The Hall–Kier alpha value is -2.29. The Kier molecular flexibility index (Phi) is 3.42. The van der Waals surface area contributed by atoms with E-state index in [4.69, 9.17) is 0 Å². The number of aromatic nitrogens is 2. The summed E-state index contributed by atoms with van der Waals surface area (Å²) in [4.78, 5) is 7.78. The summed E-state index contributed by atoms with van der Waals surface area (Å²) in [5, 5.41) is 3.33. The van der Waals surface area contributed by atoms with Gasteiger partial charge in [-0.3, -0.25) is 0 Å². The van der Waals surface area contributed by atoms with Crippen molar-refractivity contribution in [2.45, 2.75) is 26.3 Å². The van der Waals surface area contributed by atoms with Gasteiger partial charge in [-0.05, 0) is 29.2 Å². The van der Waals surface area contributed by atoms with Gasteiger partial charge in [-0.15, -0.1) is 0 Å². The number of rotatable bonds is 4. The third-order valence-corrected chi connectivity index (χ3v) is 3.50. The van der Waals surface area contributed by atoms with Crippen molar-refractivity contribution in [2.75, 3.05) is 5.32 Å². The second kappa shape index (κ2) is 5.37. The van der Waals surface area contributed by atoms with Gasteiger partial charge in [0.2, 0.25) is 5.95 Å². The molecular weight excluding hydrogens is 246 g/mol. The van der Waals surface area contributed by atoms with Gasteiger partial charge in [0.1, 0.15) is 0 Å². The number of benzene rings is 2. The molecule has 1 heterocycles. The van der Waals surface area contributed by atoms with Crippen LogP contribution < -0.4 is 5.32 Å². The van der Waals surface area contributed by atoms with Crippen LogP contribution in [0.3, 0.4) is 0 Å². The predicted molar refractivity (Wildman–Crippen MR) is 84.0 cm³/mol. The molecule has 0 bridgehead atoms. The van der Waals surface area contributed by atoms with E-state index in [1.807, 2.05) is 24.3 Å². The molecule has 0 spiro atoms. The maximum absolute atomic E-state index is 4.51. The molecular formula is C17H19N3. The molecule has 2 aromatic carbocycles. The average molecular weight is 265 g/mol. The third kappa shape index (κ3) is 2.67. The van der Waals surface area contributed by atoms with Gasteiger partial charge in [-0.2, -0.15) is 0 Å². The van der Waals surface area contributed by atoms with Crippen LogP contribution in [-0.2, 0) is 6.54 Å². The highest BCUT2D eigenvalue weighted by Crippen LogP contribution is 2.16. The SMILES string of the molecule is CC(C)c1ccc(CNc2nc3ccccc3[nH]2)cc1. The highest BCUT2D eigenvalue weighted by Gasteiger charge is 2.02. The third-order valence-electron chi connectivity index (χ3n) is 3.50. The molecule has 3 aromatic rings. The molecule has 3 heteroatoms. The fraction of sp³-hybridized carbons (Fsp3) is 0.235. The maximum Gasteiger partial charge on any atom is 0.201 e. The maximum atomic E-state index is 4.51. The molecule has 1 aromatic heterocycles. The number of hydrogen-bond donors (Lipinski definition) is 2. The summed E-state index contributed by atoms with van der Waals surface area (Å²) in [6.45, 7) is 5.20. The fourth-order valence-electron chi connectivity index (χ4n) is 2.24. The Morgan fingerprint density at radius 3 is 2.50 bits per heavy atom. The van der Waals surface area contributed by atoms with Crippen molar-refractivity contribution in [3.8, 4) is 0 Å². The summed E-state index contributed by atoms with van der Waals surface area (Å²) in [5.74, 6) is 1.39. The Bertz CT molecular complexity index is 663. The number of hydrogen-bond acceptors (Lipinski definition) is 2. The lowest BCUT2D eigenvalue weighted by molar-refractivity contribution is 0.865. The first kappa shape index (κ1) is 12.7. The van der Waals surface area contributed by atoms with E-state index < -0.39 is 0 Å². The van der Waals surface area contributed by atoms with Crippen LogP contribution in [0.4, 0.5) is 5.95 Å². The smallest absolute Gasteiger partial charge is 0.201 e. The van der Waals surface area contributed by atoms with Crippen molar-refractivity contribution in [1.29, 1.82) is 0 Å². The van der Waals surface area contributed by atoms with E-state index in [1.165, 1.54) is 11.1 Å². The Morgan fingerprint density at radius 1 is 1.05 bits per heavy atom. The number of H-pyrrole nitrogens is 1. The monoisotopic (exact) mass is 265 g/mol. The van der Waals surface area contributed by atoms with Crippen molar-refractivity contribution >= 4 is 17.0 Å². The number of nitrogens with zero attached hydrogens (tertiary/aromatic N) is 1. The van der Waals surface area contributed by atoms with Gasteiger partial charge in [0, 0.05) is 6.54 Å². The fourth-order valence-corrected chi connectivity index (χ4v) is 2.24. The summed E-state index contributed by atoms with van der Waals surface area (Å²) in [6, 6.07) is 16.8. The average Bonchev–Trinajstić information content (AvgIpc) is 2.88. The molecule has 0 aliphatic carbocycles. The van der Waals surface area contributed by atoms with Crippen molar-refractivity contribution in [1.82, 2.24) is 9.97 Å². The second-order valence-electron chi connectivity index (χ2n) is 5.35. The minimum Gasteiger partial charge on any atom is -0.352 e. The van der Waals surface area contributed by atoms with Gasteiger partial charge in [0.25, 0.3) is 0 Å². The van der Waals surface area contributed by atoms with Gasteiger partial charge in [0.05, 0.1) is 11.0 Å². The number of nitrogens with one attached hydrogen (secondary N) is 2. The number of imidazole rings is 1. The topological polar surface area (TPSA) is 40.7 Å². The van der Waals surface area contributed by atoms with Crippen LogP contribution >= 0.6 is 0 Å². The van der Waals surface area contributed by atoms with Crippen molar-refractivity contribution in [3.63, 3.8) is 0 Å². The van der Waals surface area contributed by atoms with E-state index in [-0.39, 0.29) is 0 Å². The van der Waals surface area contributed by atoms with Gasteiger partial charge in [-0.1, -0.05) is 50.2 Å². The molecule has 0 amide bonds. The lowest BCUT2D eigenvalue weighted by Gasteiger charge is -2.07. The predicted octanol–water partition coefficient (Wildman–Crippen LogP) is 4.30. The Labute approximate surface area is 119 Å². The van der Waals surface area contributed by atoms with E-state index in [2.05, 4.69) is 53.4 Å². The van der Waals surface area contributed by atoms with Crippen LogP contribution in [-0.4, -0.2) is 9.97 Å². The molecule has 0 saturated carbocycles. The van der Waals surface area contributed by atoms with Gasteiger partial charge < -0.3 is 10.3 Å². The highest BCUT2D eigenvalue weighted by atomic mass is 15.1. The van der Waals surface area contributed by atoms with Crippen molar-refractivity contribution in [2.24, 2.45) is 0 Å². The molecule has 0 fully saturated rings. The Balaban J connectivity index is 1.69. The number of fused-ring (bicyclic) bond motifs is 1. The molecule has 0 radical (unpaired) electrons. The van der Waals surface area contributed by atoms with E-state index >= 15 is 0 Å². The van der Waals surface area contributed by atoms with E-state index in [0.29, 0.717) is 5.92 Å². The molecule has 20 heavy (non-hydrogen) atoms. The summed E-state index contributed by atoms with van der Waals surface area (Å²) in [5.41, 5.74) is 4.68. The summed E-state index contributed by atoms with van der Waals surface area (Å²) < 4.78 is 0. The zero-order valence-corrected chi connectivity index (χ0v) is 11.9. The first-order valence-corrected chi connectivity index (χ1v) is 7.00. The van der Waals surface area contributed by atoms with Gasteiger partial charge in [-0.25, -0.2) is 4.98 Å². The molecule has 2 N–H and O–H groups in total. The molecule has 0 atom stereocenters. The van der Waals surface area contributed by atoms with Crippen molar-refractivity contribution in [3.05, 3.63) is 59.7 Å². The molecule has 3 nitrogen and oxygen atoms in total. The molecule has 102 valence electrons. The van der Waals surface area contributed by atoms with Crippen LogP contribution in [0.1, 0.15) is 30.9 Å². The first-order chi connectivity index (χ1) is 9.72. The number of para-hydroxylation sites is 2. The Morgan fingerprint density at radius 2 is 1.80 bits per heavy atom. The molecule has 0 aliphatic rings. The molecule has 0 aliphatic heterocycles. The minimum atomic E-state index is 0.576. The molecule has 3 rings (SSSR count). The lowest BCUT2D eigenvalue weighted by atomic mass is 10.0. The summed E-state index contributed by atoms with van der Waals surface area (Å²) in [7, 11) is 0. The van der Waals surface area contributed by atoms with E-state index in [0.717, 1.165) is 23.5 Å². The van der Waals surface area contributed by atoms with Crippen LogP contribution in [0.2, 0.25) is 0 Å². The van der Waals surface area contributed by atoms with E-state index in [9.17, 15) is 0 Å². The molecule has 0 unspecified atom stereocenters. The minimum absolute atomic E-state index is 0.576. The van der Waals surface area contributed by atoms with Crippen LogP contribution in [0.5, 0.6) is 0 Å².